The molecule has 1 aromatic rings. The molecule has 0 radical (unpaired) electrons. The van der Waals surface area contributed by atoms with Crippen LogP contribution in [-0.4, -0.2) is 23.4 Å². The van der Waals surface area contributed by atoms with Crippen molar-refractivity contribution in [2.45, 2.75) is 24.7 Å². The molecule has 2 heteroatoms. The second-order valence-corrected chi connectivity index (χ2v) is 4.11. The second-order valence-electron chi connectivity index (χ2n) is 4.11. The topological polar surface area (TPSA) is 40.5 Å². The van der Waals surface area contributed by atoms with Crippen LogP contribution in [0.2, 0.25) is 0 Å². The Bertz CT molecular complexity index is 316. The molecule has 2 nitrogen and oxygen atoms in total. The molecule has 0 heterocycles. The molecule has 0 bridgehead atoms. The highest BCUT2D eigenvalue weighted by atomic mass is 16.3. The molecule has 2 rings (SSSR count). The van der Waals surface area contributed by atoms with Crippen molar-refractivity contribution in [3.8, 4) is 0 Å². The minimum absolute atomic E-state index is 0.0471. The van der Waals surface area contributed by atoms with Gasteiger partial charge in [0.1, 0.15) is 0 Å². The molecular formula is C12H16O2. The van der Waals surface area contributed by atoms with Gasteiger partial charge in [-0.2, -0.15) is 0 Å². The Morgan fingerprint density at radius 1 is 1.21 bits per heavy atom. The van der Waals surface area contributed by atoms with Crippen molar-refractivity contribution in [1.82, 2.24) is 0 Å². The zero-order valence-electron chi connectivity index (χ0n) is 8.24. The standard InChI is InChI=1S/C12H16O2/c13-7-4-10-2-1-3-11(8-10)12(9-14)5-6-12/h1-3,8,13-14H,4-7,9H2. The fourth-order valence-electron chi connectivity index (χ4n) is 1.87. The van der Waals surface area contributed by atoms with E-state index in [1.165, 1.54) is 5.56 Å². The summed E-state index contributed by atoms with van der Waals surface area (Å²) >= 11 is 0. The maximum Gasteiger partial charge on any atom is 0.0527 e. The maximum atomic E-state index is 9.28. The number of benzene rings is 1. The lowest BCUT2D eigenvalue weighted by Crippen LogP contribution is -2.12. The zero-order chi connectivity index (χ0) is 10.0. The first-order valence-corrected chi connectivity index (χ1v) is 5.12. The average molecular weight is 192 g/mol. The van der Waals surface area contributed by atoms with E-state index in [0.29, 0.717) is 6.42 Å². The van der Waals surface area contributed by atoms with E-state index in [1.807, 2.05) is 12.1 Å². The van der Waals surface area contributed by atoms with Gasteiger partial charge in [-0.25, -0.2) is 0 Å². The third kappa shape index (κ3) is 1.68. The number of rotatable bonds is 4. The number of aliphatic hydroxyl groups is 2. The van der Waals surface area contributed by atoms with Crippen molar-refractivity contribution in [3.05, 3.63) is 35.4 Å². The molecule has 0 aromatic heterocycles. The van der Waals surface area contributed by atoms with Crippen LogP contribution < -0.4 is 0 Å². The van der Waals surface area contributed by atoms with Gasteiger partial charge in [0.25, 0.3) is 0 Å². The molecule has 1 aliphatic rings. The van der Waals surface area contributed by atoms with E-state index in [4.69, 9.17) is 5.11 Å². The van der Waals surface area contributed by atoms with Gasteiger partial charge < -0.3 is 10.2 Å². The summed E-state index contributed by atoms with van der Waals surface area (Å²) < 4.78 is 0. The van der Waals surface area contributed by atoms with E-state index in [-0.39, 0.29) is 18.6 Å². The van der Waals surface area contributed by atoms with Crippen LogP contribution in [-0.2, 0) is 11.8 Å². The summed E-state index contributed by atoms with van der Waals surface area (Å²) in [6.45, 7) is 0.436. The molecule has 76 valence electrons. The Labute approximate surface area is 84.2 Å². The van der Waals surface area contributed by atoms with Gasteiger partial charge in [0, 0.05) is 12.0 Å². The third-order valence-electron chi connectivity index (χ3n) is 3.10. The summed E-state index contributed by atoms with van der Waals surface area (Å²) in [5, 5.41) is 18.1. The minimum Gasteiger partial charge on any atom is -0.396 e. The van der Waals surface area contributed by atoms with Crippen molar-refractivity contribution < 1.29 is 10.2 Å². The number of hydrogen-bond donors (Lipinski definition) is 2. The molecule has 1 aromatic carbocycles. The first-order valence-electron chi connectivity index (χ1n) is 5.12. The predicted octanol–water partition coefficient (Wildman–Crippen LogP) is 1.25. The third-order valence-corrected chi connectivity index (χ3v) is 3.10. The Balaban J connectivity index is 2.22. The van der Waals surface area contributed by atoms with Gasteiger partial charge in [0.05, 0.1) is 6.61 Å². The average Bonchev–Trinajstić information content (AvgIpc) is 2.99. The maximum absolute atomic E-state index is 9.28. The second kappa shape index (κ2) is 3.71. The summed E-state index contributed by atoms with van der Waals surface area (Å²) in [5.41, 5.74) is 2.43. The first-order chi connectivity index (χ1) is 6.80. The molecule has 1 saturated carbocycles. The number of hydrogen-bond acceptors (Lipinski definition) is 2. The highest BCUT2D eigenvalue weighted by molar-refractivity contribution is 5.34. The molecule has 0 aliphatic heterocycles. The van der Waals surface area contributed by atoms with Crippen molar-refractivity contribution in [2.24, 2.45) is 0 Å². The molecular weight excluding hydrogens is 176 g/mol. The fraction of sp³-hybridized carbons (Fsp3) is 0.500. The van der Waals surface area contributed by atoms with Crippen LogP contribution in [0.3, 0.4) is 0 Å². The van der Waals surface area contributed by atoms with Gasteiger partial charge in [0.2, 0.25) is 0 Å². The van der Waals surface area contributed by atoms with Crippen LogP contribution in [0, 0.1) is 0 Å². The Morgan fingerprint density at radius 2 is 2.00 bits per heavy atom. The summed E-state index contributed by atoms with van der Waals surface area (Å²) in [7, 11) is 0. The highest BCUT2D eigenvalue weighted by Gasteiger charge is 2.43. The summed E-state index contributed by atoms with van der Waals surface area (Å²) in [4.78, 5) is 0. The van der Waals surface area contributed by atoms with Crippen LogP contribution in [0.25, 0.3) is 0 Å². The van der Waals surface area contributed by atoms with Crippen molar-refractivity contribution >= 4 is 0 Å². The van der Waals surface area contributed by atoms with E-state index in [9.17, 15) is 5.11 Å². The highest BCUT2D eigenvalue weighted by Crippen LogP contribution is 2.47. The van der Waals surface area contributed by atoms with Gasteiger partial charge in [-0.1, -0.05) is 24.3 Å². The molecule has 0 amide bonds. The normalized spacial score (nSPS) is 18.1. The van der Waals surface area contributed by atoms with E-state index in [0.717, 1.165) is 18.4 Å². The lowest BCUT2D eigenvalue weighted by Gasteiger charge is -2.13. The Hall–Kier alpha value is -0.860. The molecule has 2 N–H and O–H groups in total. The van der Waals surface area contributed by atoms with Crippen LogP contribution in [0.15, 0.2) is 24.3 Å². The molecule has 1 fully saturated rings. The van der Waals surface area contributed by atoms with Crippen molar-refractivity contribution in [3.63, 3.8) is 0 Å². The largest absolute Gasteiger partial charge is 0.396 e. The van der Waals surface area contributed by atoms with Gasteiger partial charge in [-0.05, 0) is 30.4 Å². The van der Waals surface area contributed by atoms with Gasteiger partial charge in [0.15, 0.2) is 0 Å². The lowest BCUT2D eigenvalue weighted by atomic mass is 9.95. The SMILES string of the molecule is OCCc1cccc(C2(CO)CC2)c1. The minimum atomic E-state index is 0.0471. The lowest BCUT2D eigenvalue weighted by molar-refractivity contribution is 0.255. The molecule has 0 spiro atoms. The molecule has 0 unspecified atom stereocenters. The van der Waals surface area contributed by atoms with Gasteiger partial charge in [-0.3, -0.25) is 0 Å². The summed E-state index contributed by atoms with van der Waals surface area (Å²) in [6, 6.07) is 8.22. The van der Waals surface area contributed by atoms with Gasteiger partial charge >= 0.3 is 0 Å². The van der Waals surface area contributed by atoms with Crippen LogP contribution in [0.1, 0.15) is 24.0 Å². The van der Waals surface area contributed by atoms with E-state index >= 15 is 0 Å². The van der Waals surface area contributed by atoms with Gasteiger partial charge in [-0.15, -0.1) is 0 Å². The van der Waals surface area contributed by atoms with Crippen LogP contribution >= 0.6 is 0 Å². The smallest absolute Gasteiger partial charge is 0.0527 e. The van der Waals surface area contributed by atoms with E-state index in [1.54, 1.807) is 0 Å². The van der Waals surface area contributed by atoms with Crippen LogP contribution in [0.4, 0.5) is 0 Å². The Morgan fingerprint density at radius 3 is 2.57 bits per heavy atom. The molecule has 0 saturated heterocycles. The molecule has 0 atom stereocenters. The predicted molar refractivity (Wildman–Crippen MR) is 55.2 cm³/mol. The quantitative estimate of drug-likeness (QED) is 0.753. The Kier molecular flexibility index (Phi) is 2.57. The first kappa shape index (κ1) is 9.69. The van der Waals surface area contributed by atoms with Crippen molar-refractivity contribution in [2.75, 3.05) is 13.2 Å². The monoisotopic (exact) mass is 192 g/mol. The van der Waals surface area contributed by atoms with Crippen LogP contribution in [0.5, 0.6) is 0 Å². The zero-order valence-corrected chi connectivity index (χ0v) is 8.24. The fourth-order valence-corrected chi connectivity index (χ4v) is 1.87. The molecule has 14 heavy (non-hydrogen) atoms. The molecule has 1 aliphatic carbocycles. The summed E-state index contributed by atoms with van der Waals surface area (Å²) in [6.07, 6.45) is 2.88. The van der Waals surface area contributed by atoms with E-state index in [2.05, 4.69) is 12.1 Å². The number of aliphatic hydroxyl groups excluding tert-OH is 2. The van der Waals surface area contributed by atoms with E-state index < -0.39 is 0 Å². The summed E-state index contributed by atoms with van der Waals surface area (Å²) in [5.74, 6) is 0. The van der Waals surface area contributed by atoms with Crippen molar-refractivity contribution in [1.29, 1.82) is 0 Å².